The van der Waals surface area contributed by atoms with E-state index in [1.54, 1.807) is 24.4 Å². The SMILES string of the molecule is NC(=O)c1cccc(-c2cnc(N)[nH]2)c1. The van der Waals surface area contributed by atoms with Crippen molar-refractivity contribution in [2.24, 2.45) is 5.73 Å². The smallest absolute Gasteiger partial charge is 0.248 e. The van der Waals surface area contributed by atoms with Gasteiger partial charge < -0.3 is 16.5 Å². The summed E-state index contributed by atoms with van der Waals surface area (Å²) in [6.45, 7) is 0. The average Bonchev–Trinajstić information content (AvgIpc) is 2.65. The first-order valence-corrected chi connectivity index (χ1v) is 4.37. The molecule has 2 aromatic rings. The largest absolute Gasteiger partial charge is 0.369 e. The second-order valence-corrected chi connectivity index (χ2v) is 3.13. The molecule has 1 heterocycles. The number of aromatic amines is 1. The summed E-state index contributed by atoms with van der Waals surface area (Å²) < 4.78 is 0. The quantitative estimate of drug-likeness (QED) is 0.670. The molecule has 5 nitrogen and oxygen atoms in total. The molecule has 0 saturated carbocycles. The molecule has 0 aliphatic rings. The number of imidazole rings is 1. The van der Waals surface area contributed by atoms with E-state index in [2.05, 4.69) is 9.97 Å². The molecule has 1 aromatic carbocycles. The van der Waals surface area contributed by atoms with Gasteiger partial charge >= 0.3 is 0 Å². The minimum atomic E-state index is -0.454. The highest BCUT2D eigenvalue weighted by Gasteiger charge is 2.04. The number of H-pyrrole nitrogens is 1. The molecule has 1 aromatic heterocycles. The summed E-state index contributed by atoms with van der Waals surface area (Å²) in [6.07, 6.45) is 1.61. The first-order chi connectivity index (χ1) is 7.16. The van der Waals surface area contributed by atoms with Gasteiger partial charge in [-0.2, -0.15) is 0 Å². The third-order valence-electron chi connectivity index (χ3n) is 2.05. The number of amides is 1. The Morgan fingerprint density at radius 2 is 2.20 bits per heavy atom. The van der Waals surface area contributed by atoms with Crippen molar-refractivity contribution in [2.45, 2.75) is 0 Å². The molecule has 2 rings (SSSR count). The van der Waals surface area contributed by atoms with Gasteiger partial charge in [-0.05, 0) is 12.1 Å². The molecule has 0 radical (unpaired) electrons. The number of carbonyl (C=O) groups excluding carboxylic acids is 1. The van der Waals surface area contributed by atoms with Crippen LogP contribution >= 0.6 is 0 Å². The molecule has 0 fully saturated rings. The number of anilines is 1. The number of nitrogen functional groups attached to an aromatic ring is 1. The zero-order chi connectivity index (χ0) is 10.8. The second-order valence-electron chi connectivity index (χ2n) is 3.13. The van der Waals surface area contributed by atoms with Crippen molar-refractivity contribution in [3.8, 4) is 11.3 Å². The van der Waals surface area contributed by atoms with E-state index >= 15 is 0 Å². The number of carbonyl (C=O) groups is 1. The molecule has 76 valence electrons. The number of nitrogens with one attached hydrogen (secondary N) is 1. The first-order valence-electron chi connectivity index (χ1n) is 4.37. The Morgan fingerprint density at radius 1 is 1.40 bits per heavy atom. The van der Waals surface area contributed by atoms with Gasteiger partial charge in [-0.3, -0.25) is 4.79 Å². The van der Waals surface area contributed by atoms with Crippen molar-refractivity contribution in [1.82, 2.24) is 9.97 Å². The Morgan fingerprint density at radius 3 is 2.80 bits per heavy atom. The van der Waals surface area contributed by atoms with Crippen molar-refractivity contribution in [3.63, 3.8) is 0 Å². The molecular weight excluding hydrogens is 192 g/mol. The molecule has 5 N–H and O–H groups in total. The lowest BCUT2D eigenvalue weighted by atomic mass is 10.1. The number of aromatic nitrogens is 2. The Kier molecular flexibility index (Phi) is 2.13. The molecule has 0 saturated heterocycles. The summed E-state index contributed by atoms with van der Waals surface area (Å²) in [6, 6.07) is 6.95. The van der Waals surface area contributed by atoms with Gasteiger partial charge in [0.25, 0.3) is 0 Å². The molecule has 0 bridgehead atoms. The molecule has 0 unspecified atom stereocenters. The summed E-state index contributed by atoms with van der Waals surface area (Å²) in [4.78, 5) is 17.7. The number of hydrogen-bond donors (Lipinski definition) is 3. The molecule has 0 aliphatic carbocycles. The van der Waals surface area contributed by atoms with Crippen LogP contribution < -0.4 is 11.5 Å². The van der Waals surface area contributed by atoms with Crippen LogP contribution in [0.25, 0.3) is 11.3 Å². The standard InChI is InChI=1S/C10H10N4O/c11-9(15)7-3-1-2-6(4-7)8-5-13-10(12)14-8/h1-5H,(H2,11,15)(H3,12,13,14). The molecule has 5 heteroatoms. The predicted octanol–water partition coefficient (Wildman–Crippen LogP) is 0.758. The van der Waals surface area contributed by atoms with Crippen LogP contribution in [0.4, 0.5) is 5.95 Å². The Hall–Kier alpha value is -2.30. The third kappa shape index (κ3) is 1.80. The van der Waals surface area contributed by atoms with Crippen LogP contribution in [0.1, 0.15) is 10.4 Å². The van der Waals surface area contributed by atoms with Crippen molar-refractivity contribution in [2.75, 3.05) is 5.73 Å². The van der Waals surface area contributed by atoms with E-state index in [-0.39, 0.29) is 0 Å². The highest BCUT2D eigenvalue weighted by atomic mass is 16.1. The second kappa shape index (κ2) is 3.45. The van der Waals surface area contributed by atoms with Gasteiger partial charge in [0.15, 0.2) is 5.95 Å². The minimum absolute atomic E-state index is 0.342. The molecule has 0 spiro atoms. The number of rotatable bonds is 2. The van der Waals surface area contributed by atoms with Gasteiger partial charge in [0.2, 0.25) is 5.91 Å². The fourth-order valence-corrected chi connectivity index (χ4v) is 1.32. The van der Waals surface area contributed by atoms with E-state index in [9.17, 15) is 4.79 Å². The summed E-state index contributed by atoms with van der Waals surface area (Å²) in [5, 5.41) is 0. The fourth-order valence-electron chi connectivity index (χ4n) is 1.32. The van der Waals surface area contributed by atoms with Crippen molar-refractivity contribution >= 4 is 11.9 Å². The van der Waals surface area contributed by atoms with Crippen LogP contribution in [-0.4, -0.2) is 15.9 Å². The van der Waals surface area contributed by atoms with Gasteiger partial charge in [0.1, 0.15) is 0 Å². The zero-order valence-corrected chi connectivity index (χ0v) is 7.90. The molecule has 0 atom stereocenters. The summed E-state index contributed by atoms with van der Waals surface area (Å²) in [5.41, 5.74) is 12.7. The van der Waals surface area contributed by atoms with Crippen LogP contribution in [0, 0.1) is 0 Å². The first kappa shape index (κ1) is 9.26. The summed E-state index contributed by atoms with van der Waals surface area (Å²) in [7, 11) is 0. The van der Waals surface area contributed by atoms with E-state index in [4.69, 9.17) is 11.5 Å². The number of nitrogens with zero attached hydrogens (tertiary/aromatic N) is 1. The van der Waals surface area contributed by atoms with E-state index in [0.717, 1.165) is 11.3 Å². The fraction of sp³-hybridized carbons (Fsp3) is 0. The molecule has 0 aliphatic heterocycles. The van der Waals surface area contributed by atoms with E-state index in [0.29, 0.717) is 11.5 Å². The van der Waals surface area contributed by atoms with Gasteiger partial charge in [0.05, 0.1) is 11.9 Å². The predicted molar refractivity (Wildman–Crippen MR) is 57.0 cm³/mol. The van der Waals surface area contributed by atoms with Crippen molar-refractivity contribution in [1.29, 1.82) is 0 Å². The lowest BCUT2D eigenvalue weighted by Gasteiger charge is -1.99. The van der Waals surface area contributed by atoms with Crippen LogP contribution in [0.5, 0.6) is 0 Å². The highest BCUT2D eigenvalue weighted by molar-refractivity contribution is 5.93. The van der Waals surface area contributed by atoms with E-state index in [1.807, 2.05) is 6.07 Å². The van der Waals surface area contributed by atoms with E-state index < -0.39 is 5.91 Å². The molecule has 15 heavy (non-hydrogen) atoms. The van der Waals surface area contributed by atoms with Crippen LogP contribution in [0.2, 0.25) is 0 Å². The normalized spacial score (nSPS) is 10.1. The maximum atomic E-state index is 11.0. The highest BCUT2D eigenvalue weighted by Crippen LogP contribution is 2.18. The summed E-state index contributed by atoms with van der Waals surface area (Å²) in [5.74, 6) is -0.112. The topological polar surface area (TPSA) is 97.8 Å². The monoisotopic (exact) mass is 202 g/mol. The van der Waals surface area contributed by atoms with Crippen molar-refractivity contribution < 1.29 is 4.79 Å². The van der Waals surface area contributed by atoms with E-state index in [1.165, 1.54) is 0 Å². The maximum Gasteiger partial charge on any atom is 0.248 e. The lowest BCUT2D eigenvalue weighted by Crippen LogP contribution is -2.10. The third-order valence-corrected chi connectivity index (χ3v) is 2.05. The minimum Gasteiger partial charge on any atom is -0.369 e. The van der Waals surface area contributed by atoms with Gasteiger partial charge in [-0.1, -0.05) is 12.1 Å². The number of hydrogen-bond acceptors (Lipinski definition) is 3. The Labute approximate surface area is 86.1 Å². The zero-order valence-electron chi connectivity index (χ0n) is 7.90. The maximum absolute atomic E-state index is 11.0. The van der Waals surface area contributed by atoms with Gasteiger partial charge in [-0.25, -0.2) is 4.98 Å². The average molecular weight is 202 g/mol. The van der Waals surface area contributed by atoms with Crippen LogP contribution in [0.3, 0.4) is 0 Å². The Bertz CT molecular complexity index is 504. The lowest BCUT2D eigenvalue weighted by molar-refractivity contribution is 0.100. The molecule has 1 amide bonds. The van der Waals surface area contributed by atoms with Crippen LogP contribution in [0.15, 0.2) is 30.5 Å². The Balaban J connectivity index is 2.45. The number of nitrogens with two attached hydrogens (primary N) is 2. The van der Waals surface area contributed by atoms with Crippen LogP contribution in [-0.2, 0) is 0 Å². The molecular formula is C10H10N4O. The number of primary amides is 1. The van der Waals surface area contributed by atoms with Gasteiger partial charge in [0, 0.05) is 11.1 Å². The van der Waals surface area contributed by atoms with Crippen molar-refractivity contribution in [3.05, 3.63) is 36.0 Å². The number of benzene rings is 1. The summed E-state index contributed by atoms with van der Waals surface area (Å²) >= 11 is 0. The van der Waals surface area contributed by atoms with Gasteiger partial charge in [-0.15, -0.1) is 0 Å².